The van der Waals surface area contributed by atoms with E-state index in [1.54, 1.807) is 48.3 Å². The molecule has 9 nitrogen and oxygen atoms in total. The Bertz CT molecular complexity index is 1390. The maximum Gasteiger partial charge on any atom is 0.265 e. The highest BCUT2D eigenvalue weighted by atomic mass is 32.2. The molecule has 5 rings (SSSR count). The number of nitrogens with one attached hydrogen (secondary N) is 2. The monoisotopic (exact) mass is 495 g/mol. The van der Waals surface area contributed by atoms with E-state index in [0.29, 0.717) is 40.2 Å². The van der Waals surface area contributed by atoms with Crippen molar-refractivity contribution in [1.29, 1.82) is 0 Å². The Morgan fingerprint density at radius 3 is 2.63 bits per heavy atom. The summed E-state index contributed by atoms with van der Waals surface area (Å²) < 4.78 is 34.4. The molecule has 0 saturated carbocycles. The summed E-state index contributed by atoms with van der Waals surface area (Å²) in [6.07, 6.45) is 3.72. The molecule has 35 heavy (non-hydrogen) atoms. The zero-order chi connectivity index (χ0) is 24.6. The number of likely N-dealkylation sites (tertiary alicyclic amines) is 1. The molecule has 10 heteroatoms. The molecule has 3 heterocycles. The van der Waals surface area contributed by atoms with Gasteiger partial charge in [-0.2, -0.15) is 0 Å². The van der Waals surface area contributed by atoms with Gasteiger partial charge in [-0.15, -0.1) is 0 Å². The van der Waals surface area contributed by atoms with Gasteiger partial charge in [0.15, 0.2) is 0 Å². The lowest BCUT2D eigenvalue weighted by Gasteiger charge is -2.26. The zero-order valence-corrected chi connectivity index (χ0v) is 20.7. The summed E-state index contributed by atoms with van der Waals surface area (Å²) in [5, 5.41) is 3.97. The van der Waals surface area contributed by atoms with Crippen molar-refractivity contribution < 1.29 is 17.9 Å². The normalized spacial score (nSPS) is 16.1. The Labute approximate surface area is 205 Å². The number of hydrogen-bond donors (Lipinski definition) is 2. The molecule has 1 fully saturated rings. The summed E-state index contributed by atoms with van der Waals surface area (Å²) in [7, 11) is -0.829. The molecule has 3 aromatic rings. The predicted molar refractivity (Wildman–Crippen MR) is 137 cm³/mol. The number of methoxy groups -OCH3 is 1. The van der Waals surface area contributed by atoms with Crippen LogP contribution in [0.3, 0.4) is 0 Å². The van der Waals surface area contributed by atoms with Crippen LogP contribution < -0.4 is 19.7 Å². The molecule has 0 unspecified atom stereocenters. The maximum absolute atomic E-state index is 13.3. The third-order valence-electron chi connectivity index (χ3n) is 6.62. The van der Waals surface area contributed by atoms with Crippen LogP contribution in [0.25, 0.3) is 10.9 Å². The number of carbonyl (C=O) groups is 1. The Morgan fingerprint density at radius 2 is 1.86 bits per heavy atom. The van der Waals surface area contributed by atoms with Crippen LogP contribution in [0.5, 0.6) is 5.75 Å². The number of sulfonamides is 1. The summed E-state index contributed by atoms with van der Waals surface area (Å²) >= 11 is 0. The molecule has 1 aromatic heterocycles. The fourth-order valence-electron chi connectivity index (χ4n) is 4.80. The zero-order valence-electron chi connectivity index (χ0n) is 19.9. The molecule has 0 bridgehead atoms. The van der Waals surface area contributed by atoms with Gasteiger partial charge in [0.25, 0.3) is 15.9 Å². The molecule has 0 atom stereocenters. The minimum absolute atomic E-state index is 0.0267. The van der Waals surface area contributed by atoms with Gasteiger partial charge >= 0.3 is 0 Å². The first-order valence-corrected chi connectivity index (χ1v) is 13.3. The summed E-state index contributed by atoms with van der Waals surface area (Å²) in [5.74, 6) is 0.646. The van der Waals surface area contributed by atoms with Crippen LogP contribution in [0, 0.1) is 0 Å². The van der Waals surface area contributed by atoms with Gasteiger partial charge in [-0.05, 0) is 56.3 Å². The van der Waals surface area contributed by atoms with Crippen molar-refractivity contribution in [2.24, 2.45) is 0 Å². The van der Waals surface area contributed by atoms with Crippen LogP contribution in [0.15, 0.2) is 47.4 Å². The van der Waals surface area contributed by atoms with E-state index in [1.165, 1.54) is 32.4 Å². The van der Waals surface area contributed by atoms with Gasteiger partial charge in [0.2, 0.25) is 0 Å². The van der Waals surface area contributed by atoms with Gasteiger partial charge < -0.3 is 19.9 Å². The molecule has 1 amide bonds. The number of piperidine rings is 1. The number of amides is 1. The van der Waals surface area contributed by atoms with E-state index in [2.05, 4.69) is 14.9 Å². The van der Waals surface area contributed by atoms with E-state index in [9.17, 15) is 13.2 Å². The van der Waals surface area contributed by atoms with E-state index >= 15 is 0 Å². The van der Waals surface area contributed by atoms with Crippen LogP contribution in [0.2, 0.25) is 0 Å². The van der Waals surface area contributed by atoms with Crippen molar-refractivity contribution in [3.63, 3.8) is 0 Å². The molecule has 2 N–H and O–H groups in total. The Balaban J connectivity index is 1.50. The van der Waals surface area contributed by atoms with Crippen LogP contribution >= 0.6 is 0 Å². The van der Waals surface area contributed by atoms with E-state index in [-0.39, 0.29) is 16.6 Å². The van der Waals surface area contributed by atoms with Crippen molar-refractivity contribution in [2.45, 2.75) is 24.2 Å². The summed E-state index contributed by atoms with van der Waals surface area (Å²) in [5.41, 5.74) is 1.94. The number of aromatic nitrogens is 1. The van der Waals surface area contributed by atoms with E-state index in [1.807, 2.05) is 0 Å². The maximum atomic E-state index is 13.3. The second-order valence-corrected chi connectivity index (χ2v) is 10.5. The number of nitrogens with zero attached hydrogens (tertiary/aromatic N) is 3. The molecule has 0 spiro atoms. The Hall–Kier alpha value is -3.37. The van der Waals surface area contributed by atoms with Gasteiger partial charge in [-0.1, -0.05) is 18.6 Å². The molecular weight excluding hydrogens is 466 g/mol. The molecule has 2 aliphatic heterocycles. The molecule has 0 radical (unpaired) electrons. The Kier molecular flexibility index (Phi) is 6.24. The number of carbonyl (C=O) groups excluding carboxylic acids is 1. The topological polar surface area (TPSA) is 104 Å². The largest absolute Gasteiger partial charge is 0.495 e. The number of ether oxygens (including phenoxy) is 1. The van der Waals surface area contributed by atoms with E-state index in [0.717, 1.165) is 19.6 Å². The number of rotatable bonds is 8. The minimum Gasteiger partial charge on any atom is -0.495 e. The second kappa shape index (κ2) is 9.35. The average molecular weight is 496 g/mol. The van der Waals surface area contributed by atoms with E-state index in [4.69, 9.17) is 9.72 Å². The number of anilines is 3. The van der Waals surface area contributed by atoms with Gasteiger partial charge in [0, 0.05) is 25.5 Å². The molecule has 0 aliphatic carbocycles. The number of benzene rings is 2. The van der Waals surface area contributed by atoms with Crippen LogP contribution in [0.4, 0.5) is 17.2 Å². The first-order valence-electron chi connectivity index (χ1n) is 11.8. The van der Waals surface area contributed by atoms with Crippen molar-refractivity contribution in [2.75, 3.05) is 55.3 Å². The van der Waals surface area contributed by atoms with Gasteiger partial charge in [0.05, 0.1) is 29.6 Å². The molecular formula is C25H29N5O4S. The summed E-state index contributed by atoms with van der Waals surface area (Å²) in [6, 6.07) is 11.6. The molecule has 184 valence electrons. The lowest BCUT2D eigenvalue weighted by atomic mass is 10.1. The first-order chi connectivity index (χ1) is 16.9. The SMILES string of the molecule is COc1ccccc1S(=O)(=O)Nc1ccc2c3c(cc(NCCN4CCCCC4)nc13)C(=O)N2C. The smallest absolute Gasteiger partial charge is 0.265 e. The lowest BCUT2D eigenvalue weighted by molar-refractivity contribution is 0.0999. The standard InChI is InChI=1S/C25H29N5O4S/c1-29-19-11-10-18(28-35(32,33)21-9-5-4-8-20(21)34-2)24-23(19)17(25(29)31)16-22(27-24)26-12-15-30-13-6-3-7-14-30/h4-5,8-11,16,28H,3,6-7,12-15H2,1-2H3,(H,26,27). The van der Waals surface area contributed by atoms with Crippen molar-refractivity contribution in [3.05, 3.63) is 48.0 Å². The van der Waals surface area contributed by atoms with Crippen LogP contribution in [-0.2, 0) is 10.0 Å². The van der Waals surface area contributed by atoms with Crippen molar-refractivity contribution in [3.8, 4) is 5.75 Å². The van der Waals surface area contributed by atoms with Gasteiger partial charge in [-0.25, -0.2) is 13.4 Å². The van der Waals surface area contributed by atoms with Gasteiger partial charge in [0.1, 0.15) is 16.5 Å². The quantitative estimate of drug-likeness (QED) is 0.493. The second-order valence-electron chi connectivity index (χ2n) is 8.86. The average Bonchev–Trinajstić information content (AvgIpc) is 3.11. The van der Waals surface area contributed by atoms with Crippen LogP contribution in [-0.4, -0.2) is 64.5 Å². The highest BCUT2D eigenvalue weighted by Gasteiger charge is 2.31. The third-order valence-corrected chi connectivity index (χ3v) is 8.03. The van der Waals surface area contributed by atoms with Crippen LogP contribution in [0.1, 0.15) is 29.6 Å². The minimum atomic E-state index is -3.96. The number of pyridine rings is 1. The Morgan fingerprint density at radius 1 is 1.09 bits per heavy atom. The molecule has 1 saturated heterocycles. The van der Waals surface area contributed by atoms with Crippen molar-refractivity contribution in [1.82, 2.24) is 9.88 Å². The predicted octanol–water partition coefficient (Wildman–Crippen LogP) is 3.53. The summed E-state index contributed by atoms with van der Waals surface area (Å²) in [4.78, 5) is 21.7. The van der Waals surface area contributed by atoms with Crippen molar-refractivity contribution >= 4 is 44.0 Å². The highest BCUT2D eigenvalue weighted by molar-refractivity contribution is 7.92. The fraction of sp³-hybridized carbons (Fsp3) is 0.360. The lowest BCUT2D eigenvalue weighted by Crippen LogP contribution is -2.33. The number of para-hydroxylation sites is 1. The molecule has 2 aliphatic rings. The highest BCUT2D eigenvalue weighted by Crippen LogP contribution is 2.41. The fourth-order valence-corrected chi connectivity index (χ4v) is 6.04. The van der Waals surface area contributed by atoms with Gasteiger partial charge in [-0.3, -0.25) is 9.52 Å². The third kappa shape index (κ3) is 4.39. The van der Waals surface area contributed by atoms with E-state index < -0.39 is 10.0 Å². The number of hydrogen-bond acceptors (Lipinski definition) is 7. The molecule has 2 aromatic carbocycles. The summed E-state index contributed by atoms with van der Waals surface area (Å²) in [6.45, 7) is 3.76. The first kappa shape index (κ1) is 23.4.